The molecule has 3 aromatic carbocycles. The Balaban J connectivity index is 1.77. The Bertz CT molecular complexity index is 889. The van der Waals surface area contributed by atoms with Crippen LogP contribution in [0.2, 0.25) is 5.02 Å². The molecule has 5 heteroatoms. The summed E-state index contributed by atoms with van der Waals surface area (Å²) in [5, 5.41) is 6.28. The van der Waals surface area contributed by atoms with Gasteiger partial charge in [-0.05, 0) is 47.2 Å². The first-order chi connectivity index (χ1) is 11.1. The molecule has 0 aromatic heterocycles. The minimum Gasteiger partial charge on any atom is -0.380 e. The summed E-state index contributed by atoms with van der Waals surface area (Å²) in [4.78, 5) is 17.0. The number of benzene rings is 3. The number of fused-ring (bicyclic) bond motifs is 1. The third-order valence-corrected chi connectivity index (χ3v) is 3.60. The summed E-state index contributed by atoms with van der Waals surface area (Å²) >= 11 is 5.81. The van der Waals surface area contributed by atoms with Crippen molar-refractivity contribution in [3.05, 3.63) is 82.9 Å². The smallest absolute Gasteiger partial charge is 0.365 e. The van der Waals surface area contributed by atoms with Gasteiger partial charge in [0, 0.05) is 10.6 Å². The minimum absolute atomic E-state index is 0.107. The lowest BCUT2D eigenvalue weighted by molar-refractivity contribution is 0.0516. The molecule has 0 amide bonds. The van der Waals surface area contributed by atoms with E-state index in [9.17, 15) is 4.79 Å². The summed E-state index contributed by atoms with van der Waals surface area (Å²) < 4.78 is 0. The van der Waals surface area contributed by atoms with Gasteiger partial charge in [0.1, 0.15) is 0 Å². The molecule has 0 fully saturated rings. The highest BCUT2D eigenvalue weighted by Crippen LogP contribution is 2.16. The number of carbonyl (C=O) groups is 1. The second-order valence-corrected chi connectivity index (χ2v) is 5.36. The van der Waals surface area contributed by atoms with E-state index in [0.29, 0.717) is 16.1 Å². The number of hydrogen-bond acceptors (Lipinski definition) is 3. The van der Waals surface area contributed by atoms with Crippen LogP contribution < -0.4 is 5.73 Å². The van der Waals surface area contributed by atoms with Crippen molar-refractivity contribution >= 4 is 34.2 Å². The summed E-state index contributed by atoms with van der Waals surface area (Å²) in [6.45, 7) is 0. The van der Waals surface area contributed by atoms with Crippen LogP contribution in [0.3, 0.4) is 0 Å². The molecule has 2 N–H and O–H groups in total. The van der Waals surface area contributed by atoms with Crippen molar-refractivity contribution in [1.82, 2.24) is 0 Å². The number of oxime groups is 1. The summed E-state index contributed by atoms with van der Waals surface area (Å²) in [5.41, 5.74) is 6.83. The van der Waals surface area contributed by atoms with Gasteiger partial charge in [-0.15, -0.1) is 0 Å². The van der Waals surface area contributed by atoms with Crippen LogP contribution in [0.25, 0.3) is 10.8 Å². The number of hydrogen-bond donors (Lipinski definition) is 1. The fourth-order valence-corrected chi connectivity index (χ4v) is 2.26. The zero-order valence-electron chi connectivity index (χ0n) is 12.1. The van der Waals surface area contributed by atoms with Gasteiger partial charge in [0.2, 0.25) is 0 Å². The molecule has 0 bridgehead atoms. The van der Waals surface area contributed by atoms with Gasteiger partial charge in [-0.2, -0.15) is 0 Å². The molecule has 0 aliphatic heterocycles. The maximum Gasteiger partial charge on any atom is 0.365 e. The highest BCUT2D eigenvalue weighted by molar-refractivity contribution is 6.30. The summed E-state index contributed by atoms with van der Waals surface area (Å²) in [7, 11) is 0. The van der Waals surface area contributed by atoms with Crippen LogP contribution in [0.15, 0.2) is 71.9 Å². The molecule has 3 aromatic rings. The van der Waals surface area contributed by atoms with Crippen molar-refractivity contribution in [1.29, 1.82) is 0 Å². The van der Waals surface area contributed by atoms with E-state index >= 15 is 0 Å². The molecule has 0 saturated carbocycles. The van der Waals surface area contributed by atoms with Gasteiger partial charge in [-0.3, -0.25) is 0 Å². The van der Waals surface area contributed by atoms with Crippen LogP contribution in [-0.4, -0.2) is 11.8 Å². The summed E-state index contributed by atoms with van der Waals surface area (Å²) in [6.07, 6.45) is 0. The summed E-state index contributed by atoms with van der Waals surface area (Å²) in [6, 6.07) is 19.8. The van der Waals surface area contributed by atoms with E-state index in [1.165, 1.54) is 0 Å². The summed E-state index contributed by atoms with van der Waals surface area (Å²) in [5.74, 6) is -0.455. The van der Waals surface area contributed by atoms with Gasteiger partial charge in [0.25, 0.3) is 0 Å². The lowest BCUT2D eigenvalue weighted by Gasteiger charge is -2.03. The number of rotatable bonds is 3. The second-order valence-electron chi connectivity index (χ2n) is 4.92. The van der Waals surface area contributed by atoms with Crippen LogP contribution in [0, 0.1) is 0 Å². The third-order valence-electron chi connectivity index (χ3n) is 3.35. The van der Waals surface area contributed by atoms with E-state index in [4.69, 9.17) is 22.2 Å². The predicted molar refractivity (Wildman–Crippen MR) is 91.5 cm³/mol. The van der Waals surface area contributed by atoms with Crippen molar-refractivity contribution in [3.8, 4) is 0 Å². The number of amidine groups is 1. The van der Waals surface area contributed by atoms with Gasteiger partial charge in [0.05, 0.1) is 5.56 Å². The molecule has 23 heavy (non-hydrogen) atoms. The van der Waals surface area contributed by atoms with Crippen molar-refractivity contribution in [2.75, 3.05) is 0 Å². The first-order valence-electron chi connectivity index (χ1n) is 6.93. The topological polar surface area (TPSA) is 64.7 Å². The van der Waals surface area contributed by atoms with Crippen molar-refractivity contribution in [2.24, 2.45) is 10.9 Å². The highest BCUT2D eigenvalue weighted by Gasteiger charge is 2.09. The molecule has 3 rings (SSSR count). The normalized spacial score (nSPS) is 11.4. The largest absolute Gasteiger partial charge is 0.380 e. The molecular weight excluding hydrogens is 312 g/mol. The second kappa shape index (κ2) is 6.50. The average molecular weight is 325 g/mol. The lowest BCUT2D eigenvalue weighted by atomic mass is 10.1. The SMILES string of the molecule is N/C(=N/OC(=O)c1ccc2ccccc2c1)c1ccc(Cl)cc1. The Hall–Kier alpha value is -2.85. The van der Waals surface area contributed by atoms with Gasteiger partial charge >= 0.3 is 5.97 Å². The quantitative estimate of drug-likeness (QED) is 0.343. The Morgan fingerprint density at radius 2 is 1.57 bits per heavy atom. The molecule has 114 valence electrons. The van der Waals surface area contributed by atoms with Crippen LogP contribution in [-0.2, 0) is 4.84 Å². The third kappa shape index (κ3) is 3.49. The van der Waals surface area contributed by atoms with Gasteiger partial charge in [0.15, 0.2) is 5.84 Å². The lowest BCUT2D eigenvalue weighted by Crippen LogP contribution is -2.15. The Kier molecular flexibility index (Phi) is 4.26. The van der Waals surface area contributed by atoms with Crippen LogP contribution in [0.1, 0.15) is 15.9 Å². The molecule has 4 nitrogen and oxygen atoms in total. The zero-order valence-corrected chi connectivity index (χ0v) is 12.8. The Morgan fingerprint density at radius 3 is 2.30 bits per heavy atom. The van der Waals surface area contributed by atoms with Gasteiger partial charge in [-0.1, -0.05) is 47.1 Å². The van der Waals surface area contributed by atoms with Crippen molar-refractivity contribution in [3.63, 3.8) is 0 Å². The average Bonchev–Trinajstić information content (AvgIpc) is 2.59. The number of halogens is 1. The molecule has 0 radical (unpaired) electrons. The standard InChI is InChI=1S/C18H13ClN2O2/c19-16-9-7-13(8-10-16)17(20)21-23-18(22)15-6-5-12-3-1-2-4-14(12)11-15/h1-11H,(H2,20,21). The number of carbonyl (C=O) groups excluding carboxylic acids is 1. The van der Waals surface area contributed by atoms with E-state index in [-0.39, 0.29) is 5.84 Å². The molecular formula is C18H13ClN2O2. The molecule has 0 heterocycles. The van der Waals surface area contributed by atoms with Crippen LogP contribution in [0.4, 0.5) is 0 Å². The fraction of sp³-hybridized carbons (Fsp3) is 0. The molecule has 0 spiro atoms. The molecule has 0 saturated heterocycles. The Morgan fingerprint density at radius 1 is 0.913 bits per heavy atom. The minimum atomic E-state index is -0.562. The van der Waals surface area contributed by atoms with E-state index in [1.54, 1.807) is 36.4 Å². The number of nitrogens with two attached hydrogens (primary N) is 1. The monoisotopic (exact) mass is 324 g/mol. The first-order valence-corrected chi connectivity index (χ1v) is 7.31. The number of nitrogens with zero attached hydrogens (tertiary/aromatic N) is 1. The van der Waals surface area contributed by atoms with Crippen molar-refractivity contribution < 1.29 is 9.63 Å². The van der Waals surface area contributed by atoms with Crippen LogP contribution >= 0.6 is 11.6 Å². The molecule has 0 unspecified atom stereocenters. The van der Waals surface area contributed by atoms with E-state index < -0.39 is 5.97 Å². The molecule has 0 atom stereocenters. The Labute approximate surface area is 138 Å². The van der Waals surface area contributed by atoms with Crippen LogP contribution in [0.5, 0.6) is 0 Å². The van der Waals surface area contributed by atoms with E-state index in [0.717, 1.165) is 10.8 Å². The van der Waals surface area contributed by atoms with Gasteiger partial charge < -0.3 is 10.6 Å². The highest BCUT2D eigenvalue weighted by atomic mass is 35.5. The predicted octanol–water partition coefficient (Wildman–Crippen LogP) is 3.97. The fourth-order valence-electron chi connectivity index (χ4n) is 2.13. The zero-order chi connectivity index (χ0) is 16.2. The maximum atomic E-state index is 12.1. The molecule has 0 aliphatic carbocycles. The van der Waals surface area contributed by atoms with Gasteiger partial charge in [-0.25, -0.2) is 4.79 Å². The first kappa shape index (κ1) is 15.1. The van der Waals surface area contributed by atoms with E-state index in [1.807, 2.05) is 30.3 Å². The molecule has 0 aliphatic rings. The van der Waals surface area contributed by atoms with E-state index in [2.05, 4.69) is 5.16 Å². The maximum absolute atomic E-state index is 12.1. The van der Waals surface area contributed by atoms with Crippen molar-refractivity contribution in [2.45, 2.75) is 0 Å².